The van der Waals surface area contributed by atoms with Gasteiger partial charge in [0.25, 0.3) is 0 Å². The van der Waals surface area contributed by atoms with E-state index in [9.17, 15) is 5.11 Å². The number of hydrogen-bond acceptors (Lipinski definition) is 2. The first kappa shape index (κ1) is 17.0. The predicted octanol–water partition coefficient (Wildman–Crippen LogP) is 4.66. The second-order valence-corrected chi connectivity index (χ2v) is 5.90. The Labute approximate surface area is 124 Å². The van der Waals surface area contributed by atoms with Gasteiger partial charge in [0, 0.05) is 12.1 Å². The van der Waals surface area contributed by atoms with Crippen molar-refractivity contribution in [1.82, 2.24) is 5.32 Å². The van der Waals surface area contributed by atoms with E-state index in [1.165, 1.54) is 37.7 Å². The molecule has 2 N–H and O–H groups in total. The summed E-state index contributed by atoms with van der Waals surface area (Å²) in [5.41, 5.74) is 1.30. The van der Waals surface area contributed by atoms with Crippen molar-refractivity contribution in [2.24, 2.45) is 0 Å². The average Bonchev–Trinajstić information content (AvgIpc) is 2.44. The molecule has 2 atom stereocenters. The molecule has 1 aromatic carbocycles. The molecule has 2 nitrogen and oxygen atoms in total. The summed E-state index contributed by atoms with van der Waals surface area (Å²) < 4.78 is 0. The largest absolute Gasteiger partial charge is 0.508 e. The molecule has 2 unspecified atom stereocenters. The van der Waals surface area contributed by atoms with Gasteiger partial charge in [-0.25, -0.2) is 0 Å². The van der Waals surface area contributed by atoms with Gasteiger partial charge < -0.3 is 10.4 Å². The van der Waals surface area contributed by atoms with Crippen molar-refractivity contribution in [2.75, 3.05) is 0 Å². The molecule has 0 aliphatic carbocycles. The van der Waals surface area contributed by atoms with E-state index >= 15 is 0 Å². The van der Waals surface area contributed by atoms with Crippen molar-refractivity contribution in [3.63, 3.8) is 0 Å². The van der Waals surface area contributed by atoms with Gasteiger partial charge in [0.2, 0.25) is 0 Å². The van der Waals surface area contributed by atoms with Gasteiger partial charge in [-0.2, -0.15) is 0 Å². The van der Waals surface area contributed by atoms with Crippen LogP contribution in [0.4, 0.5) is 0 Å². The number of unbranched alkanes of at least 4 members (excludes halogenated alkanes) is 1. The molecule has 0 aliphatic rings. The fraction of sp³-hybridized carbons (Fsp3) is 0.667. The smallest absolute Gasteiger partial charge is 0.115 e. The van der Waals surface area contributed by atoms with E-state index in [0.29, 0.717) is 17.8 Å². The van der Waals surface area contributed by atoms with Crippen molar-refractivity contribution in [2.45, 2.75) is 77.8 Å². The Kier molecular flexibility index (Phi) is 8.36. The number of phenols is 1. The molecule has 0 heterocycles. The third-order valence-corrected chi connectivity index (χ3v) is 3.87. The lowest BCUT2D eigenvalue weighted by atomic mass is 10.0. The molecule has 0 bridgehead atoms. The zero-order valence-corrected chi connectivity index (χ0v) is 13.4. The van der Waals surface area contributed by atoms with E-state index in [2.05, 4.69) is 26.1 Å². The number of benzene rings is 1. The zero-order chi connectivity index (χ0) is 14.8. The Balaban J connectivity index is 2.32. The first-order valence-electron chi connectivity index (χ1n) is 8.19. The summed E-state index contributed by atoms with van der Waals surface area (Å²) in [5.74, 6) is 0.350. The van der Waals surface area contributed by atoms with Crippen LogP contribution in [0.3, 0.4) is 0 Å². The van der Waals surface area contributed by atoms with Crippen molar-refractivity contribution >= 4 is 0 Å². The molecule has 0 amide bonds. The first-order chi connectivity index (χ1) is 9.65. The number of aromatic hydroxyl groups is 1. The molecule has 114 valence electrons. The quantitative estimate of drug-likeness (QED) is 0.652. The number of aryl methyl sites for hydroxylation is 1. The molecule has 0 radical (unpaired) electrons. The second-order valence-electron chi connectivity index (χ2n) is 5.90. The molecular weight excluding hydrogens is 246 g/mol. The minimum atomic E-state index is 0.350. The lowest BCUT2D eigenvalue weighted by molar-refractivity contribution is 0.379. The van der Waals surface area contributed by atoms with Crippen molar-refractivity contribution in [3.05, 3.63) is 29.8 Å². The summed E-state index contributed by atoms with van der Waals surface area (Å²) >= 11 is 0. The summed E-state index contributed by atoms with van der Waals surface area (Å²) in [7, 11) is 0. The molecule has 0 spiro atoms. The molecule has 0 fully saturated rings. The van der Waals surface area contributed by atoms with Gasteiger partial charge in [-0.3, -0.25) is 0 Å². The van der Waals surface area contributed by atoms with E-state index in [1.54, 1.807) is 12.1 Å². The van der Waals surface area contributed by atoms with Crippen molar-refractivity contribution in [3.8, 4) is 5.75 Å². The van der Waals surface area contributed by atoms with Crippen LogP contribution in [0.2, 0.25) is 0 Å². The summed E-state index contributed by atoms with van der Waals surface area (Å²) in [6.45, 7) is 6.81. The van der Waals surface area contributed by atoms with Crippen LogP contribution in [-0.2, 0) is 6.42 Å². The van der Waals surface area contributed by atoms with Crippen LogP contribution in [0.15, 0.2) is 24.3 Å². The lowest BCUT2D eigenvalue weighted by Gasteiger charge is -2.23. The topological polar surface area (TPSA) is 32.3 Å². The Hall–Kier alpha value is -1.02. The SMILES string of the molecule is CCCCC(CCC)NC(C)CCc1ccc(O)cc1. The highest BCUT2D eigenvalue weighted by molar-refractivity contribution is 5.25. The molecular formula is C18H31NO. The Morgan fingerprint density at radius 3 is 2.30 bits per heavy atom. The standard InChI is InChI=1S/C18H31NO/c1-4-6-8-17(7-5-2)19-15(3)9-10-16-11-13-18(20)14-12-16/h11-15,17,19-20H,4-10H2,1-3H3. The van der Waals surface area contributed by atoms with Gasteiger partial charge in [0.15, 0.2) is 0 Å². The van der Waals surface area contributed by atoms with Gasteiger partial charge in [-0.15, -0.1) is 0 Å². The minimum absolute atomic E-state index is 0.350. The fourth-order valence-corrected chi connectivity index (χ4v) is 2.64. The van der Waals surface area contributed by atoms with Crippen LogP contribution in [-0.4, -0.2) is 17.2 Å². The maximum absolute atomic E-state index is 9.28. The maximum Gasteiger partial charge on any atom is 0.115 e. The highest BCUT2D eigenvalue weighted by atomic mass is 16.3. The third-order valence-electron chi connectivity index (χ3n) is 3.87. The van der Waals surface area contributed by atoms with Crippen LogP contribution < -0.4 is 5.32 Å². The second kappa shape index (κ2) is 9.82. The highest BCUT2D eigenvalue weighted by Gasteiger charge is 2.11. The van der Waals surface area contributed by atoms with Crippen molar-refractivity contribution in [1.29, 1.82) is 0 Å². The summed E-state index contributed by atoms with van der Waals surface area (Å²) in [5, 5.41) is 13.1. The molecule has 0 aliphatic heterocycles. The molecule has 20 heavy (non-hydrogen) atoms. The number of hydrogen-bond donors (Lipinski definition) is 2. The summed E-state index contributed by atoms with van der Waals surface area (Å²) in [4.78, 5) is 0. The van der Waals surface area contributed by atoms with E-state index in [0.717, 1.165) is 12.8 Å². The molecule has 0 aromatic heterocycles. The number of phenolic OH excluding ortho intramolecular Hbond substituents is 1. The van der Waals surface area contributed by atoms with Crippen LogP contribution in [0, 0.1) is 0 Å². The Bertz CT molecular complexity index is 347. The van der Waals surface area contributed by atoms with E-state index in [-0.39, 0.29) is 0 Å². The van der Waals surface area contributed by atoms with Crippen molar-refractivity contribution < 1.29 is 5.11 Å². The number of nitrogens with one attached hydrogen (secondary N) is 1. The third kappa shape index (κ3) is 6.95. The molecule has 0 saturated carbocycles. The van der Waals surface area contributed by atoms with Crippen LogP contribution in [0.1, 0.15) is 64.9 Å². The molecule has 1 rings (SSSR count). The summed E-state index contributed by atoms with van der Waals surface area (Å²) in [6, 6.07) is 8.81. The van der Waals surface area contributed by atoms with Crippen LogP contribution >= 0.6 is 0 Å². The van der Waals surface area contributed by atoms with Gasteiger partial charge in [0.1, 0.15) is 5.75 Å². The van der Waals surface area contributed by atoms with Gasteiger partial charge in [0.05, 0.1) is 0 Å². The first-order valence-corrected chi connectivity index (χ1v) is 8.19. The van der Waals surface area contributed by atoms with Gasteiger partial charge in [-0.1, -0.05) is 45.2 Å². The Morgan fingerprint density at radius 1 is 1.00 bits per heavy atom. The summed E-state index contributed by atoms with van der Waals surface area (Å²) in [6.07, 6.45) is 8.66. The lowest BCUT2D eigenvalue weighted by Crippen LogP contribution is -2.36. The molecule has 0 saturated heterocycles. The zero-order valence-electron chi connectivity index (χ0n) is 13.4. The van der Waals surface area contributed by atoms with Crippen LogP contribution in [0.25, 0.3) is 0 Å². The van der Waals surface area contributed by atoms with Gasteiger partial charge in [-0.05, 0) is 50.3 Å². The predicted molar refractivity (Wildman–Crippen MR) is 87.2 cm³/mol. The average molecular weight is 277 g/mol. The fourth-order valence-electron chi connectivity index (χ4n) is 2.64. The molecule has 1 aromatic rings. The maximum atomic E-state index is 9.28. The Morgan fingerprint density at radius 2 is 1.70 bits per heavy atom. The minimum Gasteiger partial charge on any atom is -0.508 e. The normalized spacial score (nSPS) is 14.2. The number of rotatable bonds is 10. The van der Waals surface area contributed by atoms with E-state index in [4.69, 9.17) is 0 Å². The van der Waals surface area contributed by atoms with E-state index < -0.39 is 0 Å². The van der Waals surface area contributed by atoms with Gasteiger partial charge >= 0.3 is 0 Å². The monoisotopic (exact) mass is 277 g/mol. The van der Waals surface area contributed by atoms with Crippen LogP contribution in [0.5, 0.6) is 5.75 Å². The van der Waals surface area contributed by atoms with E-state index in [1.807, 2.05) is 12.1 Å². The highest BCUT2D eigenvalue weighted by Crippen LogP contribution is 2.13. The molecule has 2 heteroatoms.